The van der Waals surface area contributed by atoms with Gasteiger partial charge in [0, 0.05) is 11.3 Å². The molecule has 2 N–H and O–H groups in total. The number of rotatable bonds is 4. The minimum absolute atomic E-state index is 0.0508. The van der Waals surface area contributed by atoms with E-state index < -0.39 is 17.4 Å². The highest BCUT2D eigenvalue weighted by molar-refractivity contribution is 7.99. The summed E-state index contributed by atoms with van der Waals surface area (Å²) < 4.78 is 38.2. The predicted molar refractivity (Wildman–Crippen MR) is 72.1 cm³/mol. The van der Waals surface area contributed by atoms with Crippen LogP contribution >= 0.6 is 11.8 Å². The van der Waals surface area contributed by atoms with Crippen LogP contribution in [0.4, 0.5) is 13.2 Å². The Morgan fingerprint density at radius 3 is 2.35 bits per heavy atom. The third-order valence-corrected chi connectivity index (χ3v) is 3.67. The van der Waals surface area contributed by atoms with Gasteiger partial charge in [0.1, 0.15) is 5.69 Å². The van der Waals surface area contributed by atoms with E-state index in [1.807, 2.05) is 29.3 Å². The third-order valence-electron chi connectivity index (χ3n) is 2.78. The van der Waals surface area contributed by atoms with Crippen LogP contribution in [-0.4, -0.2) is 16.0 Å². The zero-order valence-corrected chi connectivity index (χ0v) is 11.5. The lowest BCUT2D eigenvalue weighted by Gasteiger charge is -2.07. The van der Waals surface area contributed by atoms with E-state index >= 15 is 0 Å². The lowest BCUT2D eigenvalue weighted by Crippen LogP contribution is -2.13. The van der Waals surface area contributed by atoms with Crippen LogP contribution in [-0.2, 0) is 12.6 Å². The molecule has 0 amide bonds. The number of hydrogen-bond acceptors (Lipinski definition) is 2. The molecule has 3 nitrogen and oxygen atoms in total. The van der Waals surface area contributed by atoms with Gasteiger partial charge in [-0.25, -0.2) is 0 Å². The Hall–Kier alpha value is -1.63. The van der Waals surface area contributed by atoms with Crippen molar-refractivity contribution in [2.24, 2.45) is 0 Å². The molecule has 7 heteroatoms. The van der Waals surface area contributed by atoms with Gasteiger partial charge < -0.3 is 0 Å². The molecule has 1 heterocycles. The minimum atomic E-state index is -4.56. The second-order valence-corrected chi connectivity index (χ2v) is 5.52. The van der Waals surface area contributed by atoms with Gasteiger partial charge in [-0.1, -0.05) is 19.1 Å². The van der Waals surface area contributed by atoms with Crippen molar-refractivity contribution in [1.82, 2.24) is 10.2 Å². The van der Waals surface area contributed by atoms with Crippen LogP contribution in [0, 0.1) is 0 Å². The molecule has 0 fully saturated rings. The molecule has 0 aliphatic carbocycles. The summed E-state index contributed by atoms with van der Waals surface area (Å²) in [5, 5.41) is 3.89. The summed E-state index contributed by atoms with van der Waals surface area (Å²) in [6.07, 6.45) is -4.61. The molecule has 0 radical (unpaired) electrons. The first kappa shape index (κ1) is 14.8. The normalized spacial score (nSPS) is 11.8. The van der Waals surface area contributed by atoms with Crippen LogP contribution in [0.2, 0.25) is 0 Å². The van der Waals surface area contributed by atoms with Gasteiger partial charge in [-0.3, -0.25) is 15.0 Å². The zero-order valence-electron chi connectivity index (χ0n) is 10.7. The van der Waals surface area contributed by atoms with Gasteiger partial charge in [0.15, 0.2) is 0 Å². The average molecular weight is 302 g/mol. The van der Waals surface area contributed by atoms with Crippen LogP contribution < -0.4 is 5.56 Å². The van der Waals surface area contributed by atoms with Crippen molar-refractivity contribution in [3.8, 4) is 0 Å². The summed E-state index contributed by atoms with van der Waals surface area (Å²) in [6, 6.07) is 7.17. The van der Waals surface area contributed by atoms with Crippen LogP contribution in [0.15, 0.2) is 34.0 Å². The van der Waals surface area contributed by atoms with Crippen LogP contribution in [0.3, 0.4) is 0 Å². The molecule has 108 valence electrons. The van der Waals surface area contributed by atoms with Crippen molar-refractivity contribution < 1.29 is 13.2 Å². The van der Waals surface area contributed by atoms with E-state index in [1.54, 1.807) is 23.9 Å². The fourth-order valence-electron chi connectivity index (χ4n) is 1.87. The van der Waals surface area contributed by atoms with Gasteiger partial charge in [-0.05, 0) is 23.4 Å². The molecule has 0 bridgehead atoms. The molecule has 0 saturated carbocycles. The van der Waals surface area contributed by atoms with Gasteiger partial charge in [0.05, 0.1) is 5.56 Å². The molecule has 0 aliphatic rings. The molecule has 0 aliphatic heterocycles. The van der Waals surface area contributed by atoms with Gasteiger partial charge >= 0.3 is 6.18 Å². The van der Waals surface area contributed by atoms with Crippen molar-refractivity contribution in [3.05, 3.63) is 51.4 Å². The highest BCUT2D eigenvalue weighted by Crippen LogP contribution is 2.30. The first-order valence-corrected chi connectivity index (χ1v) is 6.99. The molecule has 0 spiro atoms. The quantitative estimate of drug-likeness (QED) is 0.850. The SMILES string of the molecule is CCSc1ccc(Cc2c(C(F)(F)F)[nH][nH]c2=O)cc1. The molecule has 0 atom stereocenters. The largest absolute Gasteiger partial charge is 0.433 e. The van der Waals surface area contributed by atoms with E-state index in [2.05, 4.69) is 0 Å². The van der Waals surface area contributed by atoms with Crippen LogP contribution in [0.5, 0.6) is 0 Å². The number of alkyl halides is 3. The number of H-pyrrole nitrogens is 2. The number of aromatic nitrogens is 2. The number of hydrogen-bond donors (Lipinski definition) is 2. The van der Waals surface area contributed by atoms with E-state index in [1.165, 1.54) is 0 Å². The zero-order chi connectivity index (χ0) is 14.8. The molecular formula is C13H13F3N2OS. The average Bonchev–Trinajstić information content (AvgIpc) is 2.74. The second-order valence-electron chi connectivity index (χ2n) is 4.18. The lowest BCUT2D eigenvalue weighted by molar-refractivity contribution is -0.141. The molecule has 1 aromatic carbocycles. The summed E-state index contributed by atoms with van der Waals surface area (Å²) in [5.74, 6) is 0.926. The topological polar surface area (TPSA) is 48.6 Å². The Labute approximate surface area is 117 Å². The molecule has 2 rings (SSSR count). The van der Waals surface area contributed by atoms with Crippen molar-refractivity contribution in [2.45, 2.75) is 24.4 Å². The molecule has 2 aromatic rings. The summed E-state index contributed by atoms with van der Waals surface area (Å²) in [7, 11) is 0. The number of benzene rings is 1. The molecular weight excluding hydrogens is 289 g/mol. The van der Waals surface area contributed by atoms with Crippen molar-refractivity contribution in [3.63, 3.8) is 0 Å². The maximum absolute atomic E-state index is 12.7. The van der Waals surface area contributed by atoms with Gasteiger partial charge in [0.2, 0.25) is 0 Å². The Morgan fingerprint density at radius 2 is 1.80 bits per heavy atom. The molecule has 20 heavy (non-hydrogen) atoms. The maximum Gasteiger partial charge on any atom is 0.433 e. The first-order chi connectivity index (χ1) is 9.41. The summed E-state index contributed by atoms with van der Waals surface area (Å²) in [6.45, 7) is 2.02. The van der Waals surface area contributed by atoms with Crippen LogP contribution in [0.25, 0.3) is 0 Å². The number of thioether (sulfide) groups is 1. The summed E-state index contributed by atoms with van der Waals surface area (Å²) in [5.41, 5.74) is -1.35. The first-order valence-electron chi connectivity index (χ1n) is 6.00. The third kappa shape index (κ3) is 3.27. The monoisotopic (exact) mass is 302 g/mol. The number of nitrogens with one attached hydrogen (secondary N) is 2. The Morgan fingerprint density at radius 1 is 1.15 bits per heavy atom. The highest BCUT2D eigenvalue weighted by atomic mass is 32.2. The van der Waals surface area contributed by atoms with Gasteiger partial charge in [0.25, 0.3) is 5.56 Å². The Kier molecular flexibility index (Phi) is 4.27. The van der Waals surface area contributed by atoms with Crippen molar-refractivity contribution >= 4 is 11.8 Å². The molecule has 0 unspecified atom stereocenters. The van der Waals surface area contributed by atoms with E-state index in [0.29, 0.717) is 5.56 Å². The Bertz CT molecular complexity index is 628. The smallest absolute Gasteiger partial charge is 0.293 e. The highest BCUT2D eigenvalue weighted by Gasteiger charge is 2.36. The van der Waals surface area contributed by atoms with E-state index in [0.717, 1.165) is 10.6 Å². The molecule has 0 saturated heterocycles. The van der Waals surface area contributed by atoms with Crippen molar-refractivity contribution in [1.29, 1.82) is 0 Å². The van der Waals surface area contributed by atoms with E-state index in [9.17, 15) is 18.0 Å². The standard InChI is InChI=1S/C13H13F3N2OS/c1-2-20-9-5-3-8(4-6-9)7-10-11(13(14,15)16)17-18-12(10)19/h3-6H,2,7H2,1H3,(H2,17,18,19). The van der Waals surface area contributed by atoms with E-state index in [-0.39, 0.29) is 12.0 Å². The van der Waals surface area contributed by atoms with Gasteiger partial charge in [-0.2, -0.15) is 13.2 Å². The van der Waals surface area contributed by atoms with Crippen molar-refractivity contribution in [2.75, 3.05) is 5.75 Å². The predicted octanol–water partition coefficient (Wildman–Crippen LogP) is 3.42. The van der Waals surface area contributed by atoms with Crippen LogP contribution in [0.1, 0.15) is 23.7 Å². The number of aromatic amines is 2. The fourth-order valence-corrected chi connectivity index (χ4v) is 2.53. The summed E-state index contributed by atoms with van der Waals surface area (Å²) in [4.78, 5) is 12.5. The second kappa shape index (κ2) is 5.78. The minimum Gasteiger partial charge on any atom is -0.293 e. The molecule has 1 aromatic heterocycles. The Balaban J connectivity index is 2.26. The number of halogens is 3. The maximum atomic E-state index is 12.7. The lowest BCUT2D eigenvalue weighted by atomic mass is 10.1. The summed E-state index contributed by atoms with van der Waals surface area (Å²) >= 11 is 1.65. The van der Waals surface area contributed by atoms with Gasteiger partial charge in [-0.15, -0.1) is 11.8 Å². The van der Waals surface area contributed by atoms with E-state index in [4.69, 9.17) is 0 Å². The fraction of sp³-hybridized carbons (Fsp3) is 0.308.